The lowest BCUT2D eigenvalue weighted by atomic mass is 10.1. The SMILES string of the molecule is O=C(CCCc1ccccc1)Oc1ccc(C=C2SC(=O)NC2=O)cc1Cl. The van der Waals surface area contributed by atoms with E-state index in [4.69, 9.17) is 16.3 Å². The fourth-order valence-corrected chi connectivity index (χ4v) is 3.43. The van der Waals surface area contributed by atoms with Gasteiger partial charge in [-0.05, 0) is 53.9 Å². The Labute approximate surface area is 165 Å². The maximum atomic E-state index is 12.0. The van der Waals surface area contributed by atoms with Gasteiger partial charge in [0.2, 0.25) is 0 Å². The molecule has 0 bridgehead atoms. The summed E-state index contributed by atoms with van der Waals surface area (Å²) in [6.07, 6.45) is 3.33. The quantitative estimate of drug-likeness (QED) is 0.435. The summed E-state index contributed by atoms with van der Waals surface area (Å²) in [6, 6.07) is 14.7. The third-order valence-corrected chi connectivity index (χ3v) is 4.91. The highest BCUT2D eigenvalue weighted by Gasteiger charge is 2.25. The largest absolute Gasteiger partial charge is 0.425 e. The number of ether oxygens (including phenoxy) is 1. The Balaban J connectivity index is 1.56. The third-order valence-electron chi connectivity index (χ3n) is 3.81. The molecule has 1 aliphatic heterocycles. The molecule has 1 saturated heterocycles. The van der Waals surface area contributed by atoms with Crippen LogP contribution in [0.3, 0.4) is 0 Å². The molecule has 2 amide bonds. The van der Waals surface area contributed by atoms with Crippen molar-refractivity contribution >= 4 is 46.6 Å². The molecule has 0 radical (unpaired) electrons. The van der Waals surface area contributed by atoms with Crippen LogP contribution in [0.1, 0.15) is 24.0 Å². The predicted molar refractivity (Wildman–Crippen MR) is 106 cm³/mol. The van der Waals surface area contributed by atoms with Crippen LogP contribution in [0.25, 0.3) is 6.08 Å². The number of halogens is 1. The summed E-state index contributed by atoms with van der Waals surface area (Å²) in [5, 5.41) is 2.04. The van der Waals surface area contributed by atoms with Crippen molar-refractivity contribution in [2.24, 2.45) is 0 Å². The van der Waals surface area contributed by atoms with Crippen LogP contribution in [-0.4, -0.2) is 17.1 Å². The minimum atomic E-state index is -0.435. The molecule has 3 rings (SSSR count). The lowest BCUT2D eigenvalue weighted by molar-refractivity contribution is -0.134. The molecule has 7 heteroatoms. The van der Waals surface area contributed by atoms with Gasteiger partial charge in [-0.25, -0.2) is 0 Å². The third kappa shape index (κ3) is 5.45. The standard InChI is InChI=1S/C20H16ClNO4S/c21-15-11-14(12-17-19(24)22-20(25)27-17)9-10-16(15)26-18(23)8-4-7-13-5-2-1-3-6-13/h1-3,5-6,9-12H,4,7-8H2,(H,22,24,25). The lowest BCUT2D eigenvalue weighted by Crippen LogP contribution is -2.17. The van der Waals surface area contributed by atoms with Crippen LogP contribution in [0.5, 0.6) is 5.75 Å². The smallest absolute Gasteiger partial charge is 0.311 e. The van der Waals surface area contributed by atoms with Gasteiger partial charge in [0.1, 0.15) is 5.75 Å². The number of nitrogens with one attached hydrogen (secondary N) is 1. The Morgan fingerprint density at radius 2 is 1.93 bits per heavy atom. The number of hydrogen-bond acceptors (Lipinski definition) is 5. The second kappa shape index (κ2) is 8.88. The van der Waals surface area contributed by atoms with Crippen molar-refractivity contribution in [2.45, 2.75) is 19.3 Å². The molecule has 27 heavy (non-hydrogen) atoms. The number of carbonyl (C=O) groups is 3. The highest BCUT2D eigenvalue weighted by molar-refractivity contribution is 8.18. The normalized spacial score (nSPS) is 15.1. The van der Waals surface area contributed by atoms with E-state index in [1.54, 1.807) is 24.3 Å². The fourth-order valence-electron chi connectivity index (χ4n) is 2.52. The Morgan fingerprint density at radius 3 is 2.59 bits per heavy atom. The van der Waals surface area contributed by atoms with Gasteiger partial charge in [-0.15, -0.1) is 0 Å². The molecule has 0 aromatic heterocycles. The van der Waals surface area contributed by atoms with Crippen molar-refractivity contribution in [3.63, 3.8) is 0 Å². The van der Waals surface area contributed by atoms with Gasteiger partial charge >= 0.3 is 5.97 Å². The van der Waals surface area contributed by atoms with Crippen molar-refractivity contribution in [3.8, 4) is 5.75 Å². The Morgan fingerprint density at radius 1 is 1.15 bits per heavy atom. The first-order chi connectivity index (χ1) is 13.0. The number of thioether (sulfide) groups is 1. The molecule has 1 heterocycles. The molecular formula is C20H16ClNO4S. The van der Waals surface area contributed by atoms with E-state index in [0.717, 1.165) is 18.2 Å². The van der Waals surface area contributed by atoms with Gasteiger partial charge in [0.25, 0.3) is 11.1 Å². The molecule has 0 saturated carbocycles. The summed E-state index contributed by atoms with van der Waals surface area (Å²) >= 11 is 7.00. The zero-order valence-electron chi connectivity index (χ0n) is 14.2. The van der Waals surface area contributed by atoms with E-state index >= 15 is 0 Å². The summed E-state index contributed by atoms with van der Waals surface area (Å²) in [5.74, 6) is -0.520. The molecule has 0 unspecified atom stereocenters. The van der Waals surface area contributed by atoms with Crippen LogP contribution < -0.4 is 10.1 Å². The van der Waals surface area contributed by atoms with Crippen LogP contribution in [-0.2, 0) is 16.0 Å². The van der Waals surface area contributed by atoms with Gasteiger partial charge in [0.15, 0.2) is 0 Å². The van der Waals surface area contributed by atoms with Crippen molar-refractivity contribution in [3.05, 3.63) is 69.6 Å². The molecule has 1 fully saturated rings. The summed E-state index contributed by atoms with van der Waals surface area (Å²) < 4.78 is 5.32. The van der Waals surface area contributed by atoms with E-state index < -0.39 is 11.1 Å². The molecule has 2 aromatic carbocycles. The van der Waals surface area contributed by atoms with Gasteiger partial charge in [0, 0.05) is 6.42 Å². The van der Waals surface area contributed by atoms with Crippen molar-refractivity contribution in [2.75, 3.05) is 0 Å². The number of rotatable bonds is 6. The van der Waals surface area contributed by atoms with Crippen molar-refractivity contribution in [1.29, 1.82) is 0 Å². The maximum absolute atomic E-state index is 12.0. The van der Waals surface area contributed by atoms with Gasteiger partial charge in [-0.1, -0.05) is 48.0 Å². The second-order valence-electron chi connectivity index (χ2n) is 5.86. The highest BCUT2D eigenvalue weighted by Crippen LogP contribution is 2.30. The second-order valence-corrected chi connectivity index (χ2v) is 7.28. The first-order valence-corrected chi connectivity index (χ1v) is 9.50. The van der Waals surface area contributed by atoms with Crippen molar-refractivity contribution in [1.82, 2.24) is 5.32 Å². The Kier molecular flexibility index (Phi) is 6.32. The zero-order valence-corrected chi connectivity index (χ0v) is 15.8. The molecule has 0 atom stereocenters. The van der Waals surface area contributed by atoms with Gasteiger partial charge < -0.3 is 4.74 Å². The minimum Gasteiger partial charge on any atom is -0.425 e. The van der Waals surface area contributed by atoms with Crippen LogP contribution in [0.15, 0.2) is 53.4 Å². The van der Waals surface area contributed by atoms with E-state index in [-0.39, 0.29) is 23.2 Å². The molecule has 0 spiro atoms. The van der Waals surface area contributed by atoms with E-state index in [0.29, 0.717) is 16.9 Å². The van der Waals surface area contributed by atoms with Crippen LogP contribution in [0, 0.1) is 0 Å². The van der Waals surface area contributed by atoms with E-state index in [9.17, 15) is 14.4 Å². The van der Waals surface area contributed by atoms with E-state index in [2.05, 4.69) is 5.32 Å². The van der Waals surface area contributed by atoms with Gasteiger partial charge in [-0.3, -0.25) is 19.7 Å². The molecule has 5 nitrogen and oxygen atoms in total. The van der Waals surface area contributed by atoms with Crippen LogP contribution >= 0.6 is 23.4 Å². The number of benzene rings is 2. The number of aryl methyl sites for hydroxylation is 1. The summed E-state index contributed by atoms with van der Waals surface area (Å²) in [4.78, 5) is 35.1. The minimum absolute atomic E-state index is 0.260. The van der Waals surface area contributed by atoms with Crippen LogP contribution in [0.4, 0.5) is 4.79 Å². The molecule has 0 aliphatic carbocycles. The number of imide groups is 1. The van der Waals surface area contributed by atoms with Crippen molar-refractivity contribution < 1.29 is 19.1 Å². The Bertz CT molecular complexity index is 911. The first-order valence-electron chi connectivity index (χ1n) is 8.30. The van der Waals surface area contributed by atoms with E-state index in [1.807, 2.05) is 30.3 Å². The Hall–Kier alpha value is -2.57. The van der Waals surface area contributed by atoms with Gasteiger partial charge in [-0.2, -0.15) is 0 Å². The topological polar surface area (TPSA) is 72.5 Å². The first kappa shape index (κ1) is 19.2. The summed E-state index contributed by atoms with van der Waals surface area (Å²) in [5.41, 5.74) is 1.81. The van der Waals surface area contributed by atoms with Crippen LogP contribution in [0.2, 0.25) is 5.02 Å². The summed E-state index contributed by atoms with van der Waals surface area (Å²) in [6.45, 7) is 0. The maximum Gasteiger partial charge on any atom is 0.311 e. The fraction of sp³-hybridized carbons (Fsp3) is 0.150. The average molecular weight is 402 g/mol. The number of carbonyl (C=O) groups excluding carboxylic acids is 3. The highest BCUT2D eigenvalue weighted by atomic mass is 35.5. The zero-order chi connectivity index (χ0) is 19.2. The molecule has 1 aliphatic rings. The number of esters is 1. The lowest BCUT2D eigenvalue weighted by Gasteiger charge is -2.07. The number of hydrogen-bond donors (Lipinski definition) is 1. The van der Waals surface area contributed by atoms with E-state index in [1.165, 1.54) is 5.56 Å². The molecule has 1 N–H and O–H groups in total. The molecule has 138 valence electrons. The molecule has 2 aromatic rings. The van der Waals surface area contributed by atoms with Gasteiger partial charge in [0.05, 0.1) is 9.93 Å². The summed E-state index contributed by atoms with van der Waals surface area (Å²) in [7, 11) is 0. The predicted octanol–water partition coefficient (Wildman–Crippen LogP) is 4.59. The number of amides is 2. The monoisotopic (exact) mass is 401 g/mol. The molecular weight excluding hydrogens is 386 g/mol. The average Bonchev–Trinajstić information content (AvgIpc) is 2.95.